The van der Waals surface area contributed by atoms with Crippen LogP contribution in [0.2, 0.25) is 0 Å². The van der Waals surface area contributed by atoms with Gasteiger partial charge in [-0.25, -0.2) is 13.1 Å². The van der Waals surface area contributed by atoms with Crippen molar-refractivity contribution in [2.24, 2.45) is 11.8 Å². The lowest BCUT2D eigenvalue weighted by Gasteiger charge is -2.29. The number of sulfonamides is 1. The predicted molar refractivity (Wildman–Crippen MR) is 67.4 cm³/mol. The molecule has 0 amide bonds. The number of ether oxygens (including phenoxy) is 1. The van der Waals surface area contributed by atoms with Gasteiger partial charge in [0.15, 0.2) is 0 Å². The molecule has 6 heteroatoms. The molecule has 0 radical (unpaired) electrons. The summed E-state index contributed by atoms with van der Waals surface area (Å²) in [5, 5.41) is -0.197. The molecule has 0 aromatic heterocycles. The summed E-state index contributed by atoms with van der Waals surface area (Å²) in [6.07, 6.45) is 5.31. The summed E-state index contributed by atoms with van der Waals surface area (Å²) < 4.78 is 31.0. The van der Waals surface area contributed by atoms with Gasteiger partial charge in [-0.2, -0.15) is 0 Å². The van der Waals surface area contributed by atoms with Crippen molar-refractivity contribution in [2.75, 3.05) is 13.7 Å². The maximum Gasteiger partial charge on any atom is 0.308 e. The van der Waals surface area contributed by atoms with Gasteiger partial charge in [0.2, 0.25) is 10.0 Å². The van der Waals surface area contributed by atoms with E-state index in [9.17, 15) is 13.2 Å². The van der Waals surface area contributed by atoms with E-state index in [1.807, 2.05) is 0 Å². The average Bonchev–Trinajstić information content (AvgIpc) is 3.20. The van der Waals surface area contributed by atoms with Crippen molar-refractivity contribution in [3.8, 4) is 0 Å². The summed E-state index contributed by atoms with van der Waals surface area (Å²) in [5.74, 6) is -0.268. The fourth-order valence-electron chi connectivity index (χ4n) is 2.63. The van der Waals surface area contributed by atoms with Crippen LogP contribution in [0.4, 0.5) is 0 Å². The van der Waals surface area contributed by atoms with Gasteiger partial charge in [-0.15, -0.1) is 0 Å². The van der Waals surface area contributed by atoms with E-state index in [0.717, 1.165) is 38.5 Å². The van der Waals surface area contributed by atoms with Crippen LogP contribution in [0, 0.1) is 11.8 Å². The zero-order valence-electron chi connectivity index (χ0n) is 10.7. The van der Waals surface area contributed by atoms with Crippen molar-refractivity contribution >= 4 is 16.0 Å². The van der Waals surface area contributed by atoms with Crippen LogP contribution >= 0.6 is 0 Å². The van der Waals surface area contributed by atoms with Crippen LogP contribution in [0.5, 0.6) is 0 Å². The predicted octanol–water partition coefficient (Wildman–Crippen LogP) is 1.05. The Bertz CT molecular complexity index is 402. The minimum Gasteiger partial charge on any atom is -0.469 e. The van der Waals surface area contributed by atoms with Crippen molar-refractivity contribution in [2.45, 2.75) is 43.8 Å². The van der Waals surface area contributed by atoms with Crippen LogP contribution in [-0.4, -0.2) is 33.3 Å². The minimum absolute atomic E-state index is 0.0831. The van der Waals surface area contributed by atoms with Crippen LogP contribution in [-0.2, 0) is 19.6 Å². The first-order chi connectivity index (χ1) is 8.54. The van der Waals surface area contributed by atoms with Gasteiger partial charge in [-0.05, 0) is 31.6 Å². The second-order valence-corrected chi connectivity index (χ2v) is 7.31. The maximum absolute atomic E-state index is 11.8. The highest BCUT2D eigenvalue weighted by Crippen LogP contribution is 2.32. The molecule has 2 aliphatic carbocycles. The molecular weight excluding hydrogens is 254 g/mol. The van der Waals surface area contributed by atoms with Crippen LogP contribution < -0.4 is 4.72 Å². The Morgan fingerprint density at radius 1 is 1.22 bits per heavy atom. The van der Waals surface area contributed by atoms with Crippen molar-refractivity contribution < 1.29 is 17.9 Å². The fourth-order valence-corrected chi connectivity index (χ4v) is 4.07. The average molecular weight is 275 g/mol. The molecule has 0 heterocycles. The van der Waals surface area contributed by atoms with Crippen LogP contribution in [0.25, 0.3) is 0 Å². The molecule has 2 rings (SSSR count). The van der Waals surface area contributed by atoms with E-state index in [1.165, 1.54) is 7.11 Å². The standard InChI is InChI=1S/C12H21NO4S/c1-17-12(14)11-5-3-2-4-9(11)8-13-18(15,16)10-6-7-10/h9-11,13H,2-8H2,1H3. The molecule has 0 aromatic rings. The van der Waals surface area contributed by atoms with Gasteiger partial charge in [-0.3, -0.25) is 4.79 Å². The number of hydrogen-bond acceptors (Lipinski definition) is 4. The van der Waals surface area contributed by atoms with Gasteiger partial charge < -0.3 is 4.74 Å². The third-order valence-corrected chi connectivity index (χ3v) is 5.84. The number of nitrogens with one attached hydrogen (secondary N) is 1. The zero-order chi connectivity index (χ0) is 13.2. The van der Waals surface area contributed by atoms with Gasteiger partial charge >= 0.3 is 5.97 Å². The maximum atomic E-state index is 11.8. The van der Waals surface area contributed by atoms with E-state index >= 15 is 0 Å². The van der Waals surface area contributed by atoms with Gasteiger partial charge in [0.25, 0.3) is 0 Å². The second kappa shape index (κ2) is 5.57. The van der Waals surface area contributed by atoms with E-state index in [-0.39, 0.29) is 23.1 Å². The highest BCUT2D eigenvalue weighted by atomic mass is 32.2. The summed E-state index contributed by atoms with van der Waals surface area (Å²) in [5.41, 5.74) is 0. The minimum atomic E-state index is -3.14. The Hall–Kier alpha value is -0.620. The highest BCUT2D eigenvalue weighted by molar-refractivity contribution is 7.90. The summed E-state index contributed by atoms with van der Waals surface area (Å²) in [4.78, 5) is 11.6. The lowest BCUT2D eigenvalue weighted by Crippen LogP contribution is -2.38. The number of methoxy groups -OCH3 is 1. The first-order valence-electron chi connectivity index (χ1n) is 6.61. The normalized spacial score (nSPS) is 28.9. The van der Waals surface area contributed by atoms with Crippen molar-refractivity contribution in [1.82, 2.24) is 4.72 Å². The lowest BCUT2D eigenvalue weighted by atomic mass is 9.79. The van der Waals surface area contributed by atoms with Gasteiger partial charge in [-0.1, -0.05) is 12.8 Å². The topological polar surface area (TPSA) is 72.5 Å². The molecule has 104 valence electrons. The van der Waals surface area contributed by atoms with Gasteiger partial charge in [0.05, 0.1) is 18.3 Å². The van der Waals surface area contributed by atoms with E-state index in [2.05, 4.69) is 4.72 Å². The number of rotatable bonds is 5. The number of carbonyl (C=O) groups is 1. The molecule has 0 aliphatic heterocycles. The summed E-state index contributed by atoms with van der Waals surface area (Å²) >= 11 is 0. The smallest absolute Gasteiger partial charge is 0.308 e. The molecule has 0 spiro atoms. The van der Waals surface area contributed by atoms with Crippen molar-refractivity contribution in [3.05, 3.63) is 0 Å². The van der Waals surface area contributed by atoms with E-state index < -0.39 is 10.0 Å². The molecule has 0 aromatic carbocycles. The molecular formula is C12H21NO4S. The highest BCUT2D eigenvalue weighted by Gasteiger charge is 2.37. The van der Waals surface area contributed by atoms with Crippen LogP contribution in [0.3, 0.4) is 0 Å². The quantitative estimate of drug-likeness (QED) is 0.761. The Balaban J connectivity index is 1.91. The first-order valence-corrected chi connectivity index (χ1v) is 8.15. The molecule has 18 heavy (non-hydrogen) atoms. The van der Waals surface area contributed by atoms with E-state index in [1.54, 1.807) is 0 Å². The molecule has 0 bridgehead atoms. The monoisotopic (exact) mass is 275 g/mol. The molecule has 2 saturated carbocycles. The zero-order valence-corrected chi connectivity index (χ0v) is 11.5. The molecule has 2 aliphatic rings. The lowest BCUT2D eigenvalue weighted by molar-refractivity contribution is -0.148. The molecule has 0 saturated heterocycles. The molecule has 2 unspecified atom stereocenters. The first kappa shape index (κ1) is 13.8. The van der Waals surface area contributed by atoms with Crippen LogP contribution in [0.1, 0.15) is 38.5 Å². The van der Waals surface area contributed by atoms with E-state index in [4.69, 9.17) is 4.74 Å². The van der Waals surface area contributed by atoms with Gasteiger partial charge in [0.1, 0.15) is 0 Å². The number of hydrogen-bond donors (Lipinski definition) is 1. The van der Waals surface area contributed by atoms with Crippen LogP contribution in [0.15, 0.2) is 0 Å². The summed E-state index contributed by atoms with van der Waals surface area (Å²) in [7, 11) is -1.75. The van der Waals surface area contributed by atoms with E-state index in [0.29, 0.717) is 6.54 Å². The SMILES string of the molecule is COC(=O)C1CCCCC1CNS(=O)(=O)C1CC1. The third-order valence-electron chi connectivity index (χ3n) is 3.92. The van der Waals surface area contributed by atoms with Crippen molar-refractivity contribution in [3.63, 3.8) is 0 Å². The summed E-state index contributed by atoms with van der Waals surface area (Å²) in [6.45, 7) is 0.374. The third kappa shape index (κ3) is 3.23. The second-order valence-electron chi connectivity index (χ2n) is 5.27. The summed E-state index contributed by atoms with van der Waals surface area (Å²) in [6, 6.07) is 0. The Morgan fingerprint density at radius 2 is 1.89 bits per heavy atom. The Morgan fingerprint density at radius 3 is 2.50 bits per heavy atom. The molecule has 1 N–H and O–H groups in total. The molecule has 2 fully saturated rings. The van der Waals surface area contributed by atoms with Crippen molar-refractivity contribution in [1.29, 1.82) is 0 Å². The molecule has 2 atom stereocenters. The largest absolute Gasteiger partial charge is 0.469 e. The number of esters is 1. The fraction of sp³-hybridized carbons (Fsp3) is 0.917. The Labute approximate surface area is 108 Å². The number of carbonyl (C=O) groups excluding carboxylic acids is 1. The Kier molecular flexibility index (Phi) is 4.27. The van der Waals surface area contributed by atoms with Gasteiger partial charge in [0, 0.05) is 6.54 Å². The molecule has 5 nitrogen and oxygen atoms in total.